The third-order valence-corrected chi connectivity index (χ3v) is 0.691. The van der Waals surface area contributed by atoms with Gasteiger partial charge in [0.25, 0.3) is 29.8 Å². The van der Waals surface area contributed by atoms with Crippen molar-refractivity contribution in [2.24, 2.45) is 0 Å². The number of carbonyl (C=O) groups excluding carboxylic acids is 1. The fraction of sp³-hybridized carbons (Fsp3) is 0.533. The van der Waals surface area contributed by atoms with Crippen LogP contribution in [0.2, 0.25) is 0 Å². The minimum absolute atomic E-state index is 0.0463. The molecule has 0 saturated carbocycles. The topological polar surface area (TPSA) is 241 Å². The summed E-state index contributed by atoms with van der Waals surface area (Å²) < 4.78 is 0. The van der Waals surface area contributed by atoms with E-state index in [4.69, 9.17) is 54.6 Å². The number of rotatable bonds is 3. The molecule has 0 atom stereocenters. The van der Waals surface area contributed by atoms with Crippen LogP contribution in [0.4, 0.5) is 0 Å². The Morgan fingerprint density at radius 3 is 0.607 bits per heavy atom. The van der Waals surface area contributed by atoms with Crippen LogP contribution in [0, 0.1) is 0 Å². The normalized spacial score (nSPS) is 6.93. The first-order chi connectivity index (χ1) is 12.3. The fourth-order valence-corrected chi connectivity index (χ4v) is 0.283. The van der Waals surface area contributed by atoms with Crippen molar-refractivity contribution in [3.05, 3.63) is 0 Å². The molecule has 0 aliphatic heterocycles. The average molecular weight is 416 g/mol. The van der Waals surface area contributed by atoms with Crippen LogP contribution in [-0.2, 0) is 33.6 Å². The second kappa shape index (κ2) is 31.3. The van der Waals surface area contributed by atoms with Gasteiger partial charge in [-0.2, -0.15) is 0 Å². The van der Waals surface area contributed by atoms with Crippen molar-refractivity contribution in [1.82, 2.24) is 0 Å². The first-order valence-electron chi connectivity index (χ1n) is 6.98. The van der Waals surface area contributed by atoms with Gasteiger partial charge >= 0.3 is 5.97 Å². The van der Waals surface area contributed by atoms with Crippen molar-refractivity contribution >= 4 is 41.6 Å². The quantitative estimate of drug-likeness (QED) is 0.375. The van der Waals surface area contributed by atoms with Gasteiger partial charge in [0.2, 0.25) is 0 Å². The van der Waals surface area contributed by atoms with E-state index in [9.17, 15) is 9.59 Å². The van der Waals surface area contributed by atoms with E-state index in [1.54, 1.807) is 0 Å². The number of carboxylic acid groups (broad SMARTS) is 6. The molecular formula is C15H28O13. The summed E-state index contributed by atoms with van der Waals surface area (Å²) in [5.41, 5.74) is 0. The van der Waals surface area contributed by atoms with Crippen LogP contribution in [0.25, 0.3) is 0 Å². The molecule has 0 aliphatic carbocycles. The number of ketones is 1. The van der Waals surface area contributed by atoms with Crippen LogP contribution in [-0.4, -0.2) is 72.2 Å². The molecule has 0 heterocycles. The molecule has 166 valence electrons. The number of hydrogen-bond donors (Lipinski definition) is 6. The summed E-state index contributed by atoms with van der Waals surface area (Å²) >= 11 is 0. The van der Waals surface area contributed by atoms with Gasteiger partial charge < -0.3 is 35.4 Å². The molecule has 0 spiro atoms. The van der Waals surface area contributed by atoms with Crippen molar-refractivity contribution in [3.63, 3.8) is 0 Å². The Bertz CT molecular complexity index is 377. The number of aliphatic carboxylic acids is 6. The smallest absolute Gasteiger partial charge is 0.303 e. The van der Waals surface area contributed by atoms with Crippen LogP contribution >= 0.6 is 0 Å². The third-order valence-electron chi connectivity index (χ3n) is 0.691. The standard InChI is InChI=1S/C5H8O3.5C2H4O2/c1-4(6)2-3-5(7)8;5*1-2(3)4/h2-3H2,1H3,(H,7,8);5*1H3,(H,3,4). The van der Waals surface area contributed by atoms with E-state index in [2.05, 4.69) is 0 Å². The van der Waals surface area contributed by atoms with Crippen LogP contribution < -0.4 is 0 Å². The Labute approximate surface area is 161 Å². The highest BCUT2D eigenvalue weighted by atomic mass is 16.4. The summed E-state index contributed by atoms with van der Waals surface area (Å²) in [4.78, 5) is 64.8. The van der Waals surface area contributed by atoms with Crippen molar-refractivity contribution < 1.29 is 64.2 Å². The molecule has 28 heavy (non-hydrogen) atoms. The van der Waals surface area contributed by atoms with Gasteiger partial charge in [-0.05, 0) is 6.92 Å². The molecule has 0 saturated heterocycles. The zero-order chi connectivity index (χ0) is 24.5. The van der Waals surface area contributed by atoms with E-state index < -0.39 is 35.8 Å². The zero-order valence-corrected chi connectivity index (χ0v) is 16.5. The van der Waals surface area contributed by atoms with Gasteiger partial charge in [0.1, 0.15) is 5.78 Å². The first kappa shape index (κ1) is 39.5. The molecule has 0 radical (unpaired) electrons. The molecule has 0 rings (SSSR count). The van der Waals surface area contributed by atoms with Gasteiger partial charge in [0, 0.05) is 41.0 Å². The van der Waals surface area contributed by atoms with Crippen LogP contribution in [0.3, 0.4) is 0 Å². The van der Waals surface area contributed by atoms with Crippen LogP contribution in [0.15, 0.2) is 0 Å². The maximum Gasteiger partial charge on any atom is 0.303 e. The molecule has 0 aromatic rings. The fourth-order valence-electron chi connectivity index (χ4n) is 0.283. The van der Waals surface area contributed by atoms with Gasteiger partial charge in [-0.1, -0.05) is 0 Å². The Morgan fingerprint density at radius 2 is 0.571 bits per heavy atom. The highest BCUT2D eigenvalue weighted by Crippen LogP contribution is 1.87. The van der Waals surface area contributed by atoms with E-state index >= 15 is 0 Å². The summed E-state index contributed by atoms with van der Waals surface area (Å²) in [5.74, 6) is -5.16. The van der Waals surface area contributed by atoms with E-state index in [0.717, 1.165) is 34.6 Å². The lowest BCUT2D eigenvalue weighted by atomic mass is 10.2. The lowest BCUT2D eigenvalue weighted by molar-refractivity contribution is -0.138. The number of carboxylic acids is 6. The molecule has 13 nitrogen and oxygen atoms in total. The first-order valence-corrected chi connectivity index (χ1v) is 6.98. The molecule has 0 bridgehead atoms. The Morgan fingerprint density at radius 1 is 0.429 bits per heavy atom. The van der Waals surface area contributed by atoms with Gasteiger partial charge in [0.05, 0.1) is 6.42 Å². The largest absolute Gasteiger partial charge is 0.481 e. The van der Waals surface area contributed by atoms with Crippen molar-refractivity contribution in [2.75, 3.05) is 0 Å². The molecule has 6 N–H and O–H groups in total. The summed E-state index contributed by atoms with van der Waals surface area (Å²) in [6, 6.07) is 0. The SMILES string of the molecule is CC(=O)CCC(=O)O.CC(=O)O.CC(=O)O.CC(=O)O.CC(=O)O.CC(=O)O. The van der Waals surface area contributed by atoms with E-state index in [0.29, 0.717) is 0 Å². The number of carbonyl (C=O) groups is 7. The molecule has 0 fully saturated rings. The maximum absolute atomic E-state index is 10.1. The predicted octanol–water partition coefficient (Wildman–Crippen LogP) is 0.895. The molecule has 0 unspecified atom stereocenters. The monoisotopic (exact) mass is 416 g/mol. The Balaban J connectivity index is -0.0000000536. The lowest BCUT2D eigenvalue weighted by Crippen LogP contribution is -1.98. The van der Waals surface area contributed by atoms with Crippen LogP contribution in [0.5, 0.6) is 0 Å². The summed E-state index contributed by atoms with van der Waals surface area (Å²) in [5, 5.41) is 45.1. The van der Waals surface area contributed by atoms with E-state index in [1.165, 1.54) is 6.92 Å². The van der Waals surface area contributed by atoms with Gasteiger partial charge in [0.15, 0.2) is 0 Å². The molecule has 0 aromatic heterocycles. The minimum Gasteiger partial charge on any atom is -0.481 e. The third kappa shape index (κ3) is 4680. The molecular weight excluding hydrogens is 388 g/mol. The molecule has 13 heteroatoms. The van der Waals surface area contributed by atoms with Crippen molar-refractivity contribution in [3.8, 4) is 0 Å². The minimum atomic E-state index is -0.916. The molecule has 0 aromatic carbocycles. The zero-order valence-electron chi connectivity index (χ0n) is 16.5. The second-order valence-corrected chi connectivity index (χ2v) is 4.19. The van der Waals surface area contributed by atoms with Gasteiger partial charge in [-0.25, -0.2) is 0 Å². The maximum atomic E-state index is 10.1. The highest BCUT2D eigenvalue weighted by Gasteiger charge is 1.97. The highest BCUT2D eigenvalue weighted by molar-refractivity contribution is 5.80. The Hall–Kier alpha value is -3.51. The number of Topliss-reactive ketones (excluding diaryl/α,β-unsaturated/α-hetero) is 1. The summed E-state index contributed by atoms with van der Waals surface area (Å²) in [6.07, 6.45) is 0.102. The Kier molecular flexibility index (Phi) is 44.2. The summed E-state index contributed by atoms with van der Waals surface area (Å²) in [7, 11) is 0. The van der Waals surface area contributed by atoms with E-state index in [1.807, 2.05) is 0 Å². The average Bonchev–Trinajstić information content (AvgIpc) is 2.32. The van der Waals surface area contributed by atoms with Gasteiger partial charge in [-0.15, -0.1) is 0 Å². The lowest BCUT2D eigenvalue weighted by Gasteiger charge is -1.86. The van der Waals surface area contributed by atoms with Crippen molar-refractivity contribution in [2.45, 2.75) is 54.4 Å². The summed E-state index contributed by atoms with van der Waals surface area (Å²) in [6.45, 7) is 6.79. The number of hydrogen-bond acceptors (Lipinski definition) is 7. The molecule has 0 amide bonds. The van der Waals surface area contributed by atoms with Crippen molar-refractivity contribution in [1.29, 1.82) is 0 Å². The van der Waals surface area contributed by atoms with E-state index in [-0.39, 0.29) is 18.6 Å². The predicted molar refractivity (Wildman–Crippen MR) is 94.1 cm³/mol. The van der Waals surface area contributed by atoms with Gasteiger partial charge in [-0.3, -0.25) is 28.8 Å². The van der Waals surface area contributed by atoms with Crippen LogP contribution in [0.1, 0.15) is 54.4 Å². The second-order valence-electron chi connectivity index (χ2n) is 4.19. The molecule has 0 aliphatic rings.